The number of nitrogens with zero attached hydrogens (tertiary/aromatic N) is 4. The summed E-state index contributed by atoms with van der Waals surface area (Å²) in [5.74, 6) is -0.214. The van der Waals surface area contributed by atoms with E-state index in [1.807, 2.05) is 19.1 Å². The molecule has 2 aliphatic heterocycles. The quantitative estimate of drug-likeness (QED) is 0.199. The second-order valence-corrected chi connectivity index (χ2v) is 11.7. The van der Waals surface area contributed by atoms with Gasteiger partial charge in [-0.05, 0) is 50.3 Å². The SMILES string of the molecule is Cc1cccn2c(=O)c(/C=C3/SC(=S)N(CCCCCCCCCCC(=O)O)C3=O)c(N3CCCC3)nc12. The lowest BCUT2D eigenvalue weighted by atomic mass is 10.1. The predicted molar refractivity (Wildman–Crippen MR) is 157 cm³/mol. The molecule has 2 aromatic heterocycles. The molecule has 2 aromatic rings. The fourth-order valence-electron chi connectivity index (χ4n) is 5.03. The molecule has 0 unspecified atom stereocenters. The number of anilines is 1. The molecule has 4 rings (SSSR count). The Labute approximate surface area is 233 Å². The minimum absolute atomic E-state index is 0.139. The number of hydrogen-bond donors (Lipinski definition) is 1. The molecule has 10 heteroatoms. The average molecular weight is 557 g/mol. The number of thioether (sulfide) groups is 1. The number of carboxylic acid groups (broad SMARTS) is 1. The molecule has 2 aliphatic rings. The molecule has 2 fully saturated rings. The minimum Gasteiger partial charge on any atom is -0.481 e. The number of aryl methyl sites for hydroxylation is 1. The molecular weight excluding hydrogens is 520 g/mol. The highest BCUT2D eigenvalue weighted by molar-refractivity contribution is 8.26. The zero-order valence-corrected chi connectivity index (χ0v) is 23.6. The Morgan fingerprint density at radius 1 is 1.08 bits per heavy atom. The van der Waals surface area contributed by atoms with Crippen molar-refractivity contribution in [1.29, 1.82) is 0 Å². The Morgan fingerprint density at radius 3 is 2.42 bits per heavy atom. The van der Waals surface area contributed by atoms with Crippen molar-refractivity contribution in [2.45, 2.75) is 77.6 Å². The van der Waals surface area contributed by atoms with Crippen LogP contribution in [0.1, 0.15) is 81.8 Å². The summed E-state index contributed by atoms with van der Waals surface area (Å²) in [5.41, 5.74) is 1.85. The van der Waals surface area contributed by atoms with E-state index in [0.29, 0.717) is 32.8 Å². The highest BCUT2D eigenvalue weighted by atomic mass is 32.2. The molecule has 0 radical (unpaired) electrons. The lowest BCUT2D eigenvalue weighted by molar-refractivity contribution is -0.137. The van der Waals surface area contributed by atoms with Crippen molar-refractivity contribution in [1.82, 2.24) is 14.3 Å². The van der Waals surface area contributed by atoms with Crippen molar-refractivity contribution in [2.75, 3.05) is 24.5 Å². The van der Waals surface area contributed by atoms with Crippen LogP contribution in [0, 0.1) is 6.92 Å². The van der Waals surface area contributed by atoms with Crippen LogP contribution >= 0.6 is 24.0 Å². The van der Waals surface area contributed by atoms with E-state index in [0.717, 1.165) is 82.9 Å². The average Bonchev–Trinajstić information content (AvgIpc) is 3.51. The Balaban J connectivity index is 1.39. The molecule has 0 atom stereocenters. The van der Waals surface area contributed by atoms with Crippen LogP contribution in [0.15, 0.2) is 28.0 Å². The topological polar surface area (TPSA) is 95.2 Å². The van der Waals surface area contributed by atoms with Gasteiger partial charge in [0.05, 0.1) is 10.5 Å². The first-order valence-electron chi connectivity index (χ1n) is 13.6. The van der Waals surface area contributed by atoms with Gasteiger partial charge in [-0.2, -0.15) is 0 Å². The summed E-state index contributed by atoms with van der Waals surface area (Å²) in [6.07, 6.45) is 13.8. The molecule has 2 saturated heterocycles. The zero-order valence-electron chi connectivity index (χ0n) is 22.0. The van der Waals surface area contributed by atoms with Gasteiger partial charge in [-0.3, -0.25) is 23.7 Å². The number of carbonyl (C=O) groups excluding carboxylic acids is 1. The third-order valence-electron chi connectivity index (χ3n) is 7.14. The first-order chi connectivity index (χ1) is 18.4. The van der Waals surface area contributed by atoms with Crippen molar-refractivity contribution in [3.63, 3.8) is 0 Å². The molecule has 0 saturated carbocycles. The number of carbonyl (C=O) groups is 2. The van der Waals surface area contributed by atoms with Crippen LogP contribution in [0.2, 0.25) is 0 Å². The molecule has 0 spiro atoms. The second-order valence-electron chi connectivity index (χ2n) is 10.0. The van der Waals surface area contributed by atoms with Crippen LogP contribution in [-0.2, 0) is 9.59 Å². The molecule has 38 heavy (non-hydrogen) atoms. The van der Waals surface area contributed by atoms with Crippen LogP contribution in [0.25, 0.3) is 11.7 Å². The summed E-state index contributed by atoms with van der Waals surface area (Å²) in [6, 6.07) is 3.78. The molecule has 204 valence electrons. The van der Waals surface area contributed by atoms with E-state index >= 15 is 0 Å². The van der Waals surface area contributed by atoms with Gasteiger partial charge in [-0.1, -0.05) is 68.6 Å². The minimum atomic E-state index is -0.723. The lowest BCUT2D eigenvalue weighted by Gasteiger charge is -2.20. The van der Waals surface area contributed by atoms with Crippen molar-refractivity contribution in [2.24, 2.45) is 0 Å². The maximum Gasteiger partial charge on any atom is 0.303 e. The standard InChI is InChI=1S/C28H36N4O4S2/c1-20-13-12-18-31-24(20)29-25(30-15-10-11-16-30)21(26(31)35)19-22-27(36)32(28(37)38-22)17-9-7-5-3-2-4-6-8-14-23(33)34/h12-13,18-19H,2-11,14-17H2,1H3,(H,33,34)/b22-19+. The van der Waals surface area contributed by atoms with E-state index < -0.39 is 5.97 Å². The van der Waals surface area contributed by atoms with E-state index in [9.17, 15) is 14.4 Å². The van der Waals surface area contributed by atoms with Gasteiger partial charge in [0.2, 0.25) is 0 Å². The summed E-state index contributed by atoms with van der Waals surface area (Å²) in [4.78, 5) is 46.5. The monoisotopic (exact) mass is 556 g/mol. The van der Waals surface area contributed by atoms with Crippen molar-refractivity contribution < 1.29 is 14.7 Å². The summed E-state index contributed by atoms with van der Waals surface area (Å²) in [5, 5.41) is 8.69. The number of thiocarbonyl (C=S) groups is 1. The second kappa shape index (κ2) is 13.4. The van der Waals surface area contributed by atoms with Gasteiger partial charge in [0.15, 0.2) is 0 Å². The number of aliphatic carboxylic acids is 1. The maximum atomic E-state index is 13.6. The van der Waals surface area contributed by atoms with Crippen LogP contribution in [0.3, 0.4) is 0 Å². The van der Waals surface area contributed by atoms with E-state index in [1.54, 1.807) is 21.6 Å². The number of fused-ring (bicyclic) bond motifs is 1. The Kier molecular flexibility index (Phi) is 9.96. The van der Waals surface area contributed by atoms with Gasteiger partial charge >= 0.3 is 5.97 Å². The van der Waals surface area contributed by atoms with Crippen LogP contribution in [0.5, 0.6) is 0 Å². The van der Waals surface area contributed by atoms with Gasteiger partial charge in [-0.25, -0.2) is 4.98 Å². The third-order valence-corrected chi connectivity index (χ3v) is 8.52. The normalized spacial score (nSPS) is 16.9. The molecule has 0 bridgehead atoms. The molecule has 1 amide bonds. The molecular formula is C28H36N4O4S2. The Hall–Kier alpha value is -2.72. The van der Waals surface area contributed by atoms with Gasteiger partial charge in [0.25, 0.3) is 11.5 Å². The van der Waals surface area contributed by atoms with E-state index in [2.05, 4.69) is 4.90 Å². The summed E-state index contributed by atoms with van der Waals surface area (Å²) < 4.78 is 2.10. The van der Waals surface area contributed by atoms with Crippen molar-refractivity contribution >= 4 is 57.7 Å². The summed E-state index contributed by atoms with van der Waals surface area (Å²) in [7, 11) is 0. The van der Waals surface area contributed by atoms with Gasteiger partial charge in [-0.15, -0.1) is 0 Å². The highest BCUT2D eigenvalue weighted by Gasteiger charge is 2.32. The third kappa shape index (κ3) is 6.83. The number of rotatable bonds is 13. The highest BCUT2D eigenvalue weighted by Crippen LogP contribution is 2.34. The fourth-order valence-corrected chi connectivity index (χ4v) is 6.32. The summed E-state index contributed by atoms with van der Waals surface area (Å²) >= 11 is 6.79. The number of amides is 1. The number of carboxylic acids is 1. The van der Waals surface area contributed by atoms with Crippen LogP contribution in [-0.4, -0.2) is 55.2 Å². The zero-order chi connectivity index (χ0) is 27.1. The summed E-state index contributed by atoms with van der Waals surface area (Å²) in [6.45, 7) is 4.22. The largest absolute Gasteiger partial charge is 0.481 e. The van der Waals surface area contributed by atoms with Crippen LogP contribution < -0.4 is 10.5 Å². The first-order valence-corrected chi connectivity index (χ1v) is 14.8. The Bertz CT molecular complexity index is 1280. The number of hydrogen-bond acceptors (Lipinski definition) is 7. The predicted octanol–water partition coefficient (Wildman–Crippen LogP) is 5.40. The van der Waals surface area contributed by atoms with E-state index in [4.69, 9.17) is 22.3 Å². The smallest absolute Gasteiger partial charge is 0.303 e. The molecule has 0 aromatic carbocycles. The number of aromatic nitrogens is 2. The van der Waals surface area contributed by atoms with E-state index in [-0.39, 0.29) is 17.9 Å². The van der Waals surface area contributed by atoms with E-state index in [1.165, 1.54) is 11.8 Å². The fraction of sp³-hybridized carbons (Fsp3) is 0.536. The maximum absolute atomic E-state index is 13.6. The molecule has 0 aliphatic carbocycles. The lowest BCUT2D eigenvalue weighted by Crippen LogP contribution is -2.29. The number of pyridine rings is 1. The van der Waals surface area contributed by atoms with Crippen molar-refractivity contribution in [3.8, 4) is 0 Å². The molecule has 1 N–H and O–H groups in total. The molecule has 4 heterocycles. The molecule has 8 nitrogen and oxygen atoms in total. The van der Waals surface area contributed by atoms with Gasteiger partial charge < -0.3 is 10.0 Å². The van der Waals surface area contributed by atoms with Gasteiger partial charge in [0, 0.05) is 32.3 Å². The first kappa shape index (κ1) is 28.3. The van der Waals surface area contributed by atoms with Crippen molar-refractivity contribution in [3.05, 3.63) is 44.7 Å². The van der Waals surface area contributed by atoms with Gasteiger partial charge in [0.1, 0.15) is 15.8 Å². The Morgan fingerprint density at radius 2 is 1.74 bits per heavy atom. The van der Waals surface area contributed by atoms with Crippen LogP contribution in [0.4, 0.5) is 5.82 Å². The number of unbranched alkanes of at least 4 members (excludes halogenated alkanes) is 7.